The maximum Gasteiger partial charge on any atom is 0.416 e. The molecule has 0 saturated carbocycles. The van der Waals surface area contributed by atoms with Gasteiger partial charge in [0.25, 0.3) is 0 Å². The van der Waals surface area contributed by atoms with Crippen molar-refractivity contribution >= 4 is 0 Å². The number of H-pyrrole nitrogens is 2. The van der Waals surface area contributed by atoms with Gasteiger partial charge in [0.1, 0.15) is 5.82 Å². The van der Waals surface area contributed by atoms with E-state index in [0.29, 0.717) is 24.5 Å². The molecule has 1 fully saturated rings. The van der Waals surface area contributed by atoms with Crippen molar-refractivity contribution < 1.29 is 35.8 Å². The first-order valence-corrected chi connectivity index (χ1v) is 11.3. The van der Waals surface area contributed by atoms with Crippen LogP contribution < -0.4 is 5.69 Å². The number of aryl methyl sites for hydroxylation is 1. The van der Waals surface area contributed by atoms with E-state index in [4.69, 9.17) is 9.47 Å². The predicted molar refractivity (Wildman–Crippen MR) is 119 cm³/mol. The average molecular weight is 530 g/mol. The van der Waals surface area contributed by atoms with Gasteiger partial charge in [0, 0.05) is 6.54 Å². The van der Waals surface area contributed by atoms with Crippen molar-refractivity contribution in [1.29, 1.82) is 0 Å². The molecule has 2 heterocycles. The molecule has 3 aromatic rings. The summed E-state index contributed by atoms with van der Waals surface area (Å²) in [4.78, 5) is 16.0. The summed E-state index contributed by atoms with van der Waals surface area (Å²) >= 11 is 0. The number of ether oxygens (including phenoxy) is 2. The Morgan fingerprint density at radius 2 is 1.70 bits per heavy atom. The zero-order valence-electron chi connectivity index (χ0n) is 19.8. The third-order valence-electron chi connectivity index (χ3n) is 6.05. The number of alkyl halides is 6. The molecule has 1 aliphatic rings. The van der Waals surface area contributed by atoms with Gasteiger partial charge >= 0.3 is 18.0 Å². The summed E-state index contributed by atoms with van der Waals surface area (Å²) < 4.78 is 92.0. The number of hydrogen-bond acceptors (Lipinski definition) is 5. The molecule has 4 rings (SSSR count). The van der Waals surface area contributed by atoms with Crippen LogP contribution >= 0.6 is 0 Å². The third kappa shape index (κ3) is 6.40. The zero-order chi connectivity index (χ0) is 27.0. The van der Waals surface area contributed by atoms with Crippen molar-refractivity contribution in [3.05, 3.63) is 86.6 Å². The Morgan fingerprint density at radius 3 is 2.24 bits per heavy atom. The van der Waals surface area contributed by atoms with Crippen LogP contribution in [0.3, 0.4) is 0 Å². The summed E-state index contributed by atoms with van der Waals surface area (Å²) in [5, 5.41) is 6.21. The molecule has 0 aliphatic carbocycles. The van der Waals surface area contributed by atoms with E-state index in [-0.39, 0.29) is 24.8 Å². The summed E-state index contributed by atoms with van der Waals surface area (Å²) in [5.74, 6) is 0.350. The molecule has 0 amide bonds. The number of hydrogen-bond donors (Lipinski definition) is 2. The first kappa shape index (κ1) is 26.9. The molecule has 13 heteroatoms. The Balaban J connectivity index is 1.66. The van der Waals surface area contributed by atoms with Crippen molar-refractivity contribution in [3.63, 3.8) is 0 Å². The Labute approximate surface area is 207 Å². The van der Waals surface area contributed by atoms with Crippen molar-refractivity contribution in [2.45, 2.75) is 51.2 Å². The highest BCUT2D eigenvalue weighted by molar-refractivity contribution is 5.35. The van der Waals surface area contributed by atoms with E-state index in [1.165, 1.54) is 6.92 Å². The van der Waals surface area contributed by atoms with Crippen LogP contribution in [0.15, 0.2) is 47.3 Å². The monoisotopic (exact) mass is 530 g/mol. The van der Waals surface area contributed by atoms with E-state index in [2.05, 4.69) is 15.2 Å². The van der Waals surface area contributed by atoms with E-state index < -0.39 is 47.6 Å². The molecule has 7 nitrogen and oxygen atoms in total. The van der Waals surface area contributed by atoms with E-state index in [1.54, 1.807) is 0 Å². The number of aromatic nitrogens is 3. The predicted octanol–water partition coefficient (Wildman–Crippen LogP) is 5.12. The summed E-state index contributed by atoms with van der Waals surface area (Å²) in [6.07, 6.45) is -12.2. The smallest absolute Gasteiger partial charge is 0.349 e. The molecule has 2 aromatic carbocycles. The minimum atomic E-state index is -4.97. The minimum Gasteiger partial charge on any atom is -0.349 e. The first-order valence-electron chi connectivity index (χ1n) is 11.3. The zero-order valence-corrected chi connectivity index (χ0v) is 19.8. The van der Waals surface area contributed by atoms with Crippen LogP contribution in [0.1, 0.15) is 52.7 Å². The van der Waals surface area contributed by atoms with Gasteiger partial charge in [-0.15, -0.1) is 0 Å². The number of nitrogens with one attached hydrogen (secondary N) is 2. The molecular weight excluding hydrogens is 506 g/mol. The molecule has 37 heavy (non-hydrogen) atoms. The SMILES string of the molecule is Cc1ccc([C@H]2[C@@H](O[C@H](C)c3cc(C(F)(F)F)cc(C(F)(F)F)c3)OCCN2Cc2n[nH]c(=O)[nH]2)cc1. The van der Waals surface area contributed by atoms with Gasteiger partial charge in [-0.3, -0.25) is 9.88 Å². The molecule has 0 spiro atoms. The van der Waals surface area contributed by atoms with Crippen molar-refractivity contribution in [2.24, 2.45) is 0 Å². The lowest BCUT2D eigenvalue weighted by molar-refractivity contribution is -0.231. The van der Waals surface area contributed by atoms with Gasteiger partial charge in [-0.25, -0.2) is 9.89 Å². The highest BCUT2D eigenvalue weighted by Gasteiger charge is 2.39. The van der Waals surface area contributed by atoms with Gasteiger partial charge in [0.15, 0.2) is 6.29 Å². The maximum absolute atomic E-state index is 13.4. The van der Waals surface area contributed by atoms with E-state index in [0.717, 1.165) is 11.1 Å². The fourth-order valence-corrected chi connectivity index (χ4v) is 4.18. The van der Waals surface area contributed by atoms with Crippen LogP contribution in [0, 0.1) is 6.92 Å². The van der Waals surface area contributed by atoms with E-state index in [9.17, 15) is 31.1 Å². The van der Waals surface area contributed by atoms with Crippen molar-refractivity contribution in [2.75, 3.05) is 13.2 Å². The number of benzene rings is 2. The number of morpholine rings is 1. The lowest BCUT2D eigenvalue weighted by Gasteiger charge is -2.41. The molecular formula is C24H24F6N4O3. The van der Waals surface area contributed by atoms with Crippen LogP contribution in [0.4, 0.5) is 26.3 Å². The number of halogens is 6. The standard InChI is InChI=1S/C24H24F6N4O3/c1-13-3-5-15(6-4-13)20-21(36-8-7-34(20)12-19-31-22(35)33-32-19)37-14(2)16-9-17(23(25,26)27)11-18(10-16)24(28,29)30/h3-6,9-11,14,20-21H,7-8,12H2,1-2H3,(H2,31,32,33,35)/t14-,20+,21-/m1/s1. The third-order valence-corrected chi connectivity index (χ3v) is 6.05. The quantitative estimate of drug-likeness (QED) is 0.433. The lowest BCUT2D eigenvalue weighted by atomic mass is 10.00. The largest absolute Gasteiger partial charge is 0.416 e. The van der Waals surface area contributed by atoms with Crippen molar-refractivity contribution in [1.82, 2.24) is 20.1 Å². The van der Waals surface area contributed by atoms with Crippen LogP contribution in [-0.4, -0.2) is 39.5 Å². The Hall–Kier alpha value is -3.16. The van der Waals surface area contributed by atoms with Gasteiger partial charge < -0.3 is 9.47 Å². The molecule has 1 aliphatic heterocycles. The molecule has 1 saturated heterocycles. The second kappa shape index (κ2) is 10.3. The number of nitrogens with zero attached hydrogens (tertiary/aromatic N) is 2. The fraction of sp³-hybridized carbons (Fsp3) is 0.417. The molecule has 1 aromatic heterocycles. The normalized spacial score (nSPS) is 20.2. The van der Waals surface area contributed by atoms with Gasteiger partial charge in [-0.1, -0.05) is 29.8 Å². The van der Waals surface area contributed by atoms with Crippen LogP contribution in [-0.2, 0) is 28.4 Å². The Morgan fingerprint density at radius 1 is 1.08 bits per heavy atom. The number of rotatable bonds is 6. The summed E-state index contributed by atoms with van der Waals surface area (Å²) in [5.41, 5.74) is -1.88. The fourth-order valence-electron chi connectivity index (χ4n) is 4.18. The summed E-state index contributed by atoms with van der Waals surface area (Å²) in [7, 11) is 0. The highest BCUT2D eigenvalue weighted by Crippen LogP contribution is 2.39. The van der Waals surface area contributed by atoms with Crippen LogP contribution in [0.2, 0.25) is 0 Å². The second-order valence-electron chi connectivity index (χ2n) is 8.81. The van der Waals surface area contributed by atoms with Crippen LogP contribution in [0.25, 0.3) is 0 Å². The average Bonchev–Trinajstić information content (AvgIpc) is 3.23. The molecule has 200 valence electrons. The first-order chi connectivity index (χ1) is 17.3. The van der Waals surface area contributed by atoms with E-state index >= 15 is 0 Å². The van der Waals surface area contributed by atoms with Crippen LogP contribution in [0.5, 0.6) is 0 Å². The van der Waals surface area contributed by atoms with E-state index in [1.807, 2.05) is 36.1 Å². The Bertz CT molecular complexity index is 1240. The van der Waals surface area contributed by atoms with Gasteiger partial charge in [0.05, 0.1) is 36.4 Å². The lowest BCUT2D eigenvalue weighted by Crippen LogP contribution is -2.46. The van der Waals surface area contributed by atoms with Gasteiger partial charge in [-0.2, -0.15) is 31.4 Å². The molecule has 0 unspecified atom stereocenters. The van der Waals surface area contributed by atoms with Gasteiger partial charge in [-0.05, 0) is 43.2 Å². The minimum absolute atomic E-state index is 0.0782. The topological polar surface area (TPSA) is 83.2 Å². The van der Waals surface area contributed by atoms with Gasteiger partial charge in [0.2, 0.25) is 0 Å². The molecule has 0 radical (unpaired) electrons. The molecule has 0 bridgehead atoms. The summed E-state index contributed by atoms with van der Waals surface area (Å²) in [6, 6.07) is 8.18. The second-order valence-corrected chi connectivity index (χ2v) is 8.81. The maximum atomic E-state index is 13.4. The number of aromatic amines is 2. The molecule has 3 atom stereocenters. The Kier molecular flexibility index (Phi) is 7.49. The summed E-state index contributed by atoms with van der Waals surface area (Å²) in [6.45, 7) is 4.04. The highest BCUT2D eigenvalue weighted by atomic mass is 19.4. The molecule has 2 N–H and O–H groups in total. The van der Waals surface area contributed by atoms with Crippen molar-refractivity contribution in [3.8, 4) is 0 Å².